The zero-order valence-electron chi connectivity index (χ0n) is 15.0. The SMILES string of the molecule is CCCCCCCCc1ccccc1Oc1c(O)cccc1S(=O)(=O)O. The summed E-state index contributed by atoms with van der Waals surface area (Å²) in [5.41, 5.74) is 0.938. The van der Waals surface area contributed by atoms with E-state index >= 15 is 0 Å². The topological polar surface area (TPSA) is 83.8 Å². The first kappa shape index (κ1) is 20.3. The third-order valence-corrected chi connectivity index (χ3v) is 5.10. The fourth-order valence-electron chi connectivity index (χ4n) is 2.83. The Kier molecular flexibility index (Phi) is 7.48. The molecule has 0 aliphatic heterocycles. The molecule has 0 spiro atoms. The predicted molar refractivity (Wildman–Crippen MR) is 102 cm³/mol. The van der Waals surface area contributed by atoms with Gasteiger partial charge in [-0.2, -0.15) is 8.42 Å². The van der Waals surface area contributed by atoms with Crippen LogP contribution in [-0.4, -0.2) is 18.1 Å². The van der Waals surface area contributed by atoms with E-state index < -0.39 is 15.0 Å². The molecule has 2 rings (SSSR count). The summed E-state index contributed by atoms with van der Waals surface area (Å²) < 4.78 is 38.2. The maximum absolute atomic E-state index is 11.5. The number of hydrogen-bond donors (Lipinski definition) is 2. The third-order valence-electron chi connectivity index (χ3n) is 4.22. The number of phenolic OH excluding ortho intramolecular Hbond substituents is 1. The van der Waals surface area contributed by atoms with E-state index in [-0.39, 0.29) is 11.5 Å². The van der Waals surface area contributed by atoms with Crippen LogP contribution in [0.25, 0.3) is 0 Å². The molecule has 5 nitrogen and oxygen atoms in total. The Balaban J connectivity index is 2.14. The molecule has 0 aliphatic rings. The van der Waals surface area contributed by atoms with Crippen LogP contribution in [0.15, 0.2) is 47.4 Å². The van der Waals surface area contributed by atoms with E-state index in [1.54, 1.807) is 12.1 Å². The molecule has 6 heteroatoms. The molecule has 26 heavy (non-hydrogen) atoms. The van der Waals surface area contributed by atoms with Gasteiger partial charge in [-0.1, -0.05) is 63.3 Å². The van der Waals surface area contributed by atoms with Gasteiger partial charge in [0, 0.05) is 0 Å². The number of aromatic hydroxyl groups is 1. The second-order valence-electron chi connectivity index (χ2n) is 6.31. The fraction of sp³-hybridized carbons (Fsp3) is 0.400. The molecule has 2 N–H and O–H groups in total. The number of benzene rings is 2. The zero-order valence-corrected chi connectivity index (χ0v) is 15.8. The monoisotopic (exact) mass is 378 g/mol. The van der Waals surface area contributed by atoms with Gasteiger partial charge in [-0.3, -0.25) is 4.55 Å². The summed E-state index contributed by atoms with van der Waals surface area (Å²) >= 11 is 0. The molecule has 0 bridgehead atoms. The fourth-order valence-corrected chi connectivity index (χ4v) is 3.46. The summed E-state index contributed by atoms with van der Waals surface area (Å²) in [6, 6.07) is 11.2. The van der Waals surface area contributed by atoms with E-state index in [0.29, 0.717) is 5.75 Å². The Morgan fingerprint density at radius 2 is 1.62 bits per heavy atom. The Hall–Kier alpha value is -2.05. The number of unbranched alkanes of at least 4 members (excludes halogenated alkanes) is 5. The second-order valence-corrected chi connectivity index (χ2v) is 7.70. The van der Waals surface area contributed by atoms with Crippen LogP contribution < -0.4 is 4.74 Å². The first-order chi connectivity index (χ1) is 12.4. The molecule has 0 saturated carbocycles. The van der Waals surface area contributed by atoms with E-state index in [1.807, 2.05) is 12.1 Å². The van der Waals surface area contributed by atoms with Crippen LogP contribution in [0.3, 0.4) is 0 Å². The minimum absolute atomic E-state index is 0.259. The van der Waals surface area contributed by atoms with E-state index in [1.165, 1.54) is 43.9 Å². The predicted octanol–water partition coefficient (Wildman–Crippen LogP) is 5.33. The lowest BCUT2D eigenvalue weighted by atomic mass is 10.0. The molecule has 0 unspecified atom stereocenters. The molecule has 0 saturated heterocycles. The Morgan fingerprint density at radius 3 is 2.35 bits per heavy atom. The standard InChI is InChI=1S/C20H26O5S/c1-2-3-4-5-6-7-11-16-12-8-9-14-18(16)25-20-17(21)13-10-15-19(20)26(22,23)24/h8-10,12-15,21H,2-7,11H2,1H3,(H,22,23,24). The zero-order chi connectivity index (χ0) is 19.0. The first-order valence-corrected chi connectivity index (χ1v) is 10.4. The Labute approximate surface area is 155 Å². The molecule has 0 heterocycles. The highest BCUT2D eigenvalue weighted by Gasteiger charge is 2.21. The van der Waals surface area contributed by atoms with Crippen molar-refractivity contribution in [2.45, 2.75) is 56.8 Å². The van der Waals surface area contributed by atoms with E-state index in [4.69, 9.17) is 4.74 Å². The van der Waals surface area contributed by atoms with Crippen LogP contribution in [0.5, 0.6) is 17.2 Å². The highest BCUT2D eigenvalue weighted by molar-refractivity contribution is 7.86. The second kappa shape index (κ2) is 9.59. The molecule has 0 fully saturated rings. The first-order valence-electron chi connectivity index (χ1n) is 8.98. The Morgan fingerprint density at radius 1 is 0.923 bits per heavy atom. The largest absolute Gasteiger partial charge is 0.504 e. The summed E-state index contributed by atoms with van der Waals surface area (Å²) in [5.74, 6) is -0.118. The molecular weight excluding hydrogens is 352 g/mol. The Bertz CT molecular complexity index is 815. The third kappa shape index (κ3) is 5.75. The summed E-state index contributed by atoms with van der Waals surface area (Å²) in [7, 11) is -4.50. The smallest absolute Gasteiger partial charge is 0.298 e. The van der Waals surface area contributed by atoms with Crippen molar-refractivity contribution in [3.05, 3.63) is 48.0 Å². The average molecular weight is 378 g/mol. The summed E-state index contributed by atoms with van der Waals surface area (Å²) in [4.78, 5) is -0.452. The van der Waals surface area contributed by atoms with Crippen molar-refractivity contribution in [1.29, 1.82) is 0 Å². The van der Waals surface area contributed by atoms with Crippen LogP contribution >= 0.6 is 0 Å². The van der Waals surface area contributed by atoms with Crippen LogP contribution in [0.1, 0.15) is 51.0 Å². The van der Waals surface area contributed by atoms with Crippen molar-refractivity contribution in [2.75, 3.05) is 0 Å². The van der Waals surface area contributed by atoms with Gasteiger partial charge in [0.05, 0.1) is 0 Å². The van der Waals surface area contributed by atoms with Crippen molar-refractivity contribution in [2.24, 2.45) is 0 Å². The lowest BCUT2D eigenvalue weighted by Gasteiger charge is -2.14. The lowest BCUT2D eigenvalue weighted by Crippen LogP contribution is -2.02. The van der Waals surface area contributed by atoms with Crippen molar-refractivity contribution in [3.63, 3.8) is 0 Å². The number of ether oxygens (including phenoxy) is 1. The number of rotatable bonds is 10. The van der Waals surface area contributed by atoms with Gasteiger partial charge in [-0.15, -0.1) is 0 Å². The normalized spacial score (nSPS) is 11.5. The van der Waals surface area contributed by atoms with Gasteiger partial charge in [0.2, 0.25) is 0 Å². The van der Waals surface area contributed by atoms with Gasteiger partial charge < -0.3 is 9.84 Å². The van der Waals surface area contributed by atoms with Crippen LogP contribution in [-0.2, 0) is 16.5 Å². The number of aryl methyl sites for hydroxylation is 1. The van der Waals surface area contributed by atoms with Crippen LogP contribution in [0, 0.1) is 0 Å². The van der Waals surface area contributed by atoms with E-state index in [2.05, 4.69) is 6.92 Å². The molecular formula is C20H26O5S. The van der Waals surface area contributed by atoms with Gasteiger partial charge in [0.25, 0.3) is 10.1 Å². The minimum Gasteiger partial charge on any atom is -0.504 e. The molecule has 0 amide bonds. The molecule has 0 atom stereocenters. The summed E-state index contributed by atoms with van der Waals surface area (Å²) in [6.45, 7) is 2.19. The molecule has 2 aromatic rings. The number of hydrogen-bond acceptors (Lipinski definition) is 4. The van der Waals surface area contributed by atoms with E-state index in [9.17, 15) is 18.1 Å². The van der Waals surface area contributed by atoms with Gasteiger partial charge in [0.15, 0.2) is 11.5 Å². The maximum atomic E-state index is 11.5. The molecule has 2 aromatic carbocycles. The lowest BCUT2D eigenvalue weighted by molar-refractivity contribution is 0.394. The van der Waals surface area contributed by atoms with Gasteiger partial charge in [-0.25, -0.2) is 0 Å². The highest BCUT2D eigenvalue weighted by atomic mass is 32.2. The van der Waals surface area contributed by atoms with Crippen LogP contribution in [0.4, 0.5) is 0 Å². The average Bonchev–Trinajstić information content (AvgIpc) is 2.60. The summed E-state index contributed by atoms with van der Waals surface area (Å²) in [5, 5.41) is 10.0. The van der Waals surface area contributed by atoms with Crippen molar-refractivity contribution in [3.8, 4) is 17.2 Å². The molecule has 0 aromatic heterocycles. The van der Waals surface area contributed by atoms with Crippen molar-refractivity contribution >= 4 is 10.1 Å². The van der Waals surface area contributed by atoms with Gasteiger partial charge in [0.1, 0.15) is 10.6 Å². The molecule has 0 radical (unpaired) electrons. The quantitative estimate of drug-likeness (QED) is 0.431. The number of para-hydroxylation sites is 2. The van der Waals surface area contributed by atoms with Crippen molar-refractivity contribution in [1.82, 2.24) is 0 Å². The highest BCUT2D eigenvalue weighted by Crippen LogP contribution is 2.38. The van der Waals surface area contributed by atoms with Gasteiger partial charge >= 0.3 is 0 Å². The van der Waals surface area contributed by atoms with Gasteiger partial charge in [-0.05, 0) is 36.6 Å². The van der Waals surface area contributed by atoms with Crippen LogP contribution in [0.2, 0.25) is 0 Å². The number of phenols is 1. The maximum Gasteiger partial charge on any atom is 0.298 e. The van der Waals surface area contributed by atoms with E-state index in [0.717, 1.165) is 24.8 Å². The minimum atomic E-state index is -4.50. The molecule has 142 valence electrons. The molecule has 0 aliphatic carbocycles. The van der Waals surface area contributed by atoms with Crippen molar-refractivity contribution < 1.29 is 22.8 Å². The summed E-state index contributed by atoms with van der Waals surface area (Å²) in [6.07, 6.45) is 7.85.